The average molecular weight is 273 g/mol. The van der Waals surface area contributed by atoms with Gasteiger partial charge in [-0.3, -0.25) is 25.4 Å². The van der Waals surface area contributed by atoms with Crippen LogP contribution < -0.4 is 16.4 Å². The molecular weight excluding hydrogens is 258 g/mol. The third kappa shape index (κ3) is 3.19. The lowest BCUT2D eigenvalue weighted by Crippen LogP contribution is -2.32. The largest absolute Gasteiger partial charge is 0.288 e. The van der Waals surface area contributed by atoms with Gasteiger partial charge in [0.2, 0.25) is 5.95 Å². The Hall–Kier alpha value is -2.70. The molecule has 1 aromatic heterocycles. The summed E-state index contributed by atoms with van der Waals surface area (Å²) in [5.74, 6) is -0.232. The Balaban J connectivity index is 2.03. The number of anilines is 1. The predicted octanol–water partition coefficient (Wildman–Crippen LogP) is 0.793. The quantitative estimate of drug-likeness (QED) is 0.715. The molecule has 0 bridgehead atoms. The molecule has 0 unspecified atom stereocenters. The normalized spacial score (nSPS) is 10.1. The predicted molar refractivity (Wildman–Crippen MR) is 74.3 cm³/mol. The summed E-state index contributed by atoms with van der Waals surface area (Å²) in [6.45, 7) is 3.71. The molecule has 2 rings (SSSR count). The van der Waals surface area contributed by atoms with Crippen LogP contribution in [0.15, 0.2) is 29.1 Å². The molecule has 0 atom stereocenters. The Morgan fingerprint density at radius 3 is 2.80 bits per heavy atom. The van der Waals surface area contributed by atoms with E-state index in [0.717, 1.165) is 5.56 Å². The Morgan fingerprint density at radius 1 is 1.35 bits per heavy atom. The lowest BCUT2D eigenvalue weighted by atomic mass is 10.1. The molecule has 2 aromatic rings. The van der Waals surface area contributed by atoms with E-state index in [1.54, 1.807) is 18.2 Å². The number of aromatic nitrogens is 3. The number of carbonyl (C=O) groups excluding carboxylic acids is 1. The van der Waals surface area contributed by atoms with E-state index in [0.29, 0.717) is 17.7 Å². The number of hydrogen-bond acceptors (Lipinski definition) is 5. The Morgan fingerprint density at radius 2 is 2.15 bits per heavy atom. The van der Waals surface area contributed by atoms with E-state index in [2.05, 4.69) is 26.0 Å². The monoisotopic (exact) mass is 273 g/mol. The second kappa shape index (κ2) is 5.96. The highest BCUT2D eigenvalue weighted by Gasteiger charge is 2.06. The number of H-pyrrole nitrogens is 1. The van der Waals surface area contributed by atoms with Crippen molar-refractivity contribution in [2.45, 2.75) is 20.3 Å². The first kappa shape index (κ1) is 13.7. The van der Waals surface area contributed by atoms with E-state index in [4.69, 9.17) is 0 Å². The van der Waals surface area contributed by atoms with Gasteiger partial charge in [0, 0.05) is 5.56 Å². The van der Waals surface area contributed by atoms with Crippen LogP contribution in [-0.2, 0) is 6.42 Å². The molecule has 1 amide bonds. The van der Waals surface area contributed by atoms with Gasteiger partial charge in [-0.1, -0.05) is 24.6 Å². The number of rotatable bonds is 4. The number of benzene rings is 1. The molecule has 1 aromatic carbocycles. The van der Waals surface area contributed by atoms with Crippen molar-refractivity contribution in [3.05, 3.63) is 51.4 Å². The molecule has 104 valence electrons. The first-order valence-corrected chi connectivity index (χ1v) is 6.19. The maximum atomic E-state index is 11.9. The first-order valence-electron chi connectivity index (χ1n) is 6.19. The van der Waals surface area contributed by atoms with E-state index < -0.39 is 0 Å². The molecule has 20 heavy (non-hydrogen) atoms. The molecule has 7 heteroatoms. The highest BCUT2D eigenvalue weighted by atomic mass is 16.2. The van der Waals surface area contributed by atoms with Gasteiger partial charge in [-0.05, 0) is 25.5 Å². The lowest BCUT2D eigenvalue weighted by molar-refractivity contribution is 0.0962. The van der Waals surface area contributed by atoms with Crippen molar-refractivity contribution in [1.82, 2.24) is 20.6 Å². The van der Waals surface area contributed by atoms with Gasteiger partial charge in [0.25, 0.3) is 11.5 Å². The number of carbonyl (C=O) groups is 1. The summed E-state index contributed by atoms with van der Waals surface area (Å²) in [4.78, 5) is 25.9. The fraction of sp³-hybridized carbons (Fsp3) is 0.231. The van der Waals surface area contributed by atoms with Gasteiger partial charge in [0.1, 0.15) is 5.69 Å². The third-order valence-electron chi connectivity index (χ3n) is 2.67. The van der Waals surface area contributed by atoms with Gasteiger partial charge in [-0.25, -0.2) is 0 Å². The molecule has 0 aliphatic carbocycles. The zero-order chi connectivity index (χ0) is 14.5. The second-order valence-corrected chi connectivity index (χ2v) is 4.25. The topological polar surface area (TPSA) is 99.8 Å². The van der Waals surface area contributed by atoms with Crippen LogP contribution >= 0.6 is 0 Å². The number of hydrogen-bond donors (Lipinski definition) is 3. The standard InChI is InChI=1S/C13H15N5O2/c1-3-10-12(20)14-13(17-15-10)18-16-11(19)9-6-4-5-8(2)7-9/h4-7H,3H2,1-2H3,(H,16,19)(H2,14,17,18,20). The smallest absolute Gasteiger partial charge is 0.274 e. The number of aromatic amines is 1. The molecular formula is C13H15N5O2. The number of nitrogens with one attached hydrogen (secondary N) is 3. The van der Waals surface area contributed by atoms with E-state index in [1.165, 1.54) is 0 Å². The van der Waals surface area contributed by atoms with Crippen LogP contribution in [0.3, 0.4) is 0 Å². The first-order chi connectivity index (χ1) is 9.60. The number of nitrogens with zero attached hydrogens (tertiary/aromatic N) is 2. The van der Waals surface area contributed by atoms with E-state index in [9.17, 15) is 9.59 Å². The zero-order valence-corrected chi connectivity index (χ0v) is 11.2. The maximum Gasteiger partial charge on any atom is 0.274 e. The van der Waals surface area contributed by atoms with Gasteiger partial charge in [0.05, 0.1) is 0 Å². The third-order valence-corrected chi connectivity index (χ3v) is 2.67. The SMILES string of the molecule is CCc1nnc(NNC(=O)c2cccc(C)c2)[nH]c1=O. The summed E-state index contributed by atoms with van der Waals surface area (Å²) in [6.07, 6.45) is 0.498. The van der Waals surface area contributed by atoms with Gasteiger partial charge >= 0.3 is 0 Å². The van der Waals surface area contributed by atoms with Crippen molar-refractivity contribution < 1.29 is 4.79 Å². The Bertz CT molecular complexity index is 680. The summed E-state index contributed by atoms with van der Waals surface area (Å²) in [5.41, 5.74) is 6.49. The number of aryl methyl sites for hydroxylation is 2. The fourth-order valence-electron chi connectivity index (χ4n) is 1.62. The molecule has 0 aliphatic rings. The molecule has 0 saturated carbocycles. The van der Waals surface area contributed by atoms with Crippen LogP contribution in [0.5, 0.6) is 0 Å². The van der Waals surface area contributed by atoms with Crippen LogP contribution in [0.2, 0.25) is 0 Å². The van der Waals surface area contributed by atoms with Crippen molar-refractivity contribution in [2.75, 3.05) is 5.43 Å². The lowest BCUT2D eigenvalue weighted by Gasteiger charge is -2.07. The van der Waals surface area contributed by atoms with Gasteiger partial charge in [0.15, 0.2) is 0 Å². The molecule has 7 nitrogen and oxygen atoms in total. The molecule has 0 spiro atoms. The minimum absolute atomic E-state index is 0.0909. The van der Waals surface area contributed by atoms with Crippen LogP contribution in [0.4, 0.5) is 5.95 Å². The number of hydrazine groups is 1. The van der Waals surface area contributed by atoms with Crippen LogP contribution in [0, 0.1) is 6.92 Å². The van der Waals surface area contributed by atoms with Gasteiger partial charge < -0.3 is 0 Å². The van der Waals surface area contributed by atoms with Crippen molar-refractivity contribution in [3.63, 3.8) is 0 Å². The van der Waals surface area contributed by atoms with Crippen molar-refractivity contribution in [1.29, 1.82) is 0 Å². The van der Waals surface area contributed by atoms with Gasteiger partial charge in [-0.15, -0.1) is 10.2 Å². The molecule has 3 N–H and O–H groups in total. The minimum Gasteiger partial charge on any atom is -0.288 e. The van der Waals surface area contributed by atoms with Crippen LogP contribution in [0.25, 0.3) is 0 Å². The summed E-state index contributed by atoms with van der Waals surface area (Å²) in [7, 11) is 0. The zero-order valence-electron chi connectivity index (χ0n) is 11.2. The molecule has 0 fully saturated rings. The van der Waals surface area contributed by atoms with E-state index in [-0.39, 0.29) is 17.4 Å². The summed E-state index contributed by atoms with van der Waals surface area (Å²) < 4.78 is 0. The van der Waals surface area contributed by atoms with Crippen molar-refractivity contribution in [3.8, 4) is 0 Å². The highest BCUT2D eigenvalue weighted by molar-refractivity contribution is 5.94. The Kier molecular flexibility index (Phi) is 4.09. The molecule has 1 heterocycles. The van der Waals surface area contributed by atoms with Crippen molar-refractivity contribution in [2.24, 2.45) is 0 Å². The maximum absolute atomic E-state index is 11.9. The van der Waals surface area contributed by atoms with Crippen molar-refractivity contribution >= 4 is 11.9 Å². The second-order valence-electron chi connectivity index (χ2n) is 4.25. The van der Waals surface area contributed by atoms with Crippen LogP contribution in [0.1, 0.15) is 28.5 Å². The molecule has 0 radical (unpaired) electrons. The summed E-state index contributed by atoms with van der Waals surface area (Å²) in [6, 6.07) is 7.14. The summed E-state index contributed by atoms with van der Waals surface area (Å²) >= 11 is 0. The average Bonchev–Trinajstić information content (AvgIpc) is 2.45. The van der Waals surface area contributed by atoms with E-state index >= 15 is 0 Å². The molecule has 0 aliphatic heterocycles. The van der Waals surface area contributed by atoms with E-state index in [1.807, 2.05) is 19.9 Å². The van der Waals surface area contributed by atoms with Crippen LogP contribution in [-0.4, -0.2) is 21.1 Å². The Labute approximate surface area is 115 Å². The van der Waals surface area contributed by atoms with Gasteiger partial charge in [-0.2, -0.15) is 0 Å². The fourth-order valence-corrected chi connectivity index (χ4v) is 1.62. The number of amides is 1. The summed E-state index contributed by atoms with van der Waals surface area (Å²) in [5, 5.41) is 7.52. The minimum atomic E-state index is -0.324. The molecule has 0 saturated heterocycles. The highest BCUT2D eigenvalue weighted by Crippen LogP contribution is 2.03.